The predicted molar refractivity (Wildman–Crippen MR) is 127 cm³/mol. The number of fused-ring (bicyclic) bond motifs is 3. The Morgan fingerprint density at radius 2 is 1.58 bits per heavy atom. The fraction of sp³-hybridized carbons (Fsp3) is 0.222. The van der Waals surface area contributed by atoms with Gasteiger partial charge >= 0.3 is 11.9 Å². The first-order valence-electron chi connectivity index (χ1n) is 10.9. The van der Waals surface area contributed by atoms with E-state index in [1.54, 1.807) is 6.20 Å². The van der Waals surface area contributed by atoms with Crippen molar-refractivity contribution in [2.24, 2.45) is 0 Å². The van der Waals surface area contributed by atoms with Crippen molar-refractivity contribution in [2.75, 3.05) is 6.61 Å². The maximum atomic E-state index is 12.4. The van der Waals surface area contributed by atoms with Crippen LogP contribution in [0.25, 0.3) is 11.1 Å². The van der Waals surface area contributed by atoms with Crippen LogP contribution in [-0.2, 0) is 24.7 Å². The highest BCUT2D eigenvalue weighted by atomic mass is 79.9. The first kappa shape index (κ1) is 21.6. The third-order valence-corrected chi connectivity index (χ3v) is 6.83. The van der Waals surface area contributed by atoms with Gasteiger partial charge in [0.05, 0.1) is 5.69 Å². The number of hydrogen-bond donors (Lipinski definition) is 0. The highest BCUT2D eigenvalue weighted by Crippen LogP contribution is 2.45. The molecule has 33 heavy (non-hydrogen) atoms. The van der Waals surface area contributed by atoms with Crippen LogP contribution in [0.3, 0.4) is 0 Å². The molecule has 0 unspecified atom stereocenters. The molecule has 0 bridgehead atoms. The molecule has 166 valence electrons. The number of carbonyl (C=O) groups is 2. The summed E-state index contributed by atoms with van der Waals surface area (Å²) in [7, 11) is 0. The van der Waals surface area contributed by atoms with Gasteiger partial charge in [0.1, 0.15) is 6.61 Å². The Bertz CT molecular complexity index is 1190. The summed E-state index contributed by atoms with van der Waals surface area (Å²) in [5, 5.41) is 0. The summed E-state index contributed by atoms with van der Waals surface area (Å²) in [6, 6.07) is 20.0. The van der Waals surface area contributed by atoms with E-state index in [0.29, 0.717) is 12.8 Å². The Morgan fingerprint density at radius 1 is 0.939 bits per heavy atom. The van der Waals surface area contributed by atoms with Gasteiger partial charge in [-0.25, -0.2) is 9.59 Å². The first-order chi connectivity index (χ1) is 16.1. The predicted octanol–water partition coefficient (Wildman–Crippen LogP) is 5.68. The number of rotatable bonds is 6. The van der Waals surface area contributed by atoms with E-state index in [0.717, 1.165) is 39.9 Å². The first-order valence-corrected chi connectivity index (χ1v) is 11.7. The van der Waals surface area contributed by atoms with Gasteiger partial charge in [0.15, 0.2) is 5.60 Å². The molecule has 1 heterocycles. The second-order valence-electron chi connectivity index (χ2n) is 8.32. The molecule has 0 radical (unpaired) electrons. The van der Waals surface area contributed by atoms with Gasteiger partial charge in [0.25, 0.3) is 0 Å². The van der Waals surface area contributed by atoms with Crippen LogP contribution in [0.4, 0.5) is 0 Å². The number of esters is 2. The zero-order valence-corrected chi connectivity index (χ0v) is 19.5. The van der Waals surface area contributed by atoms with Crippen molar-refractivity contribution in [1.29, 1.82) is 0 Å². The van der Waals surface area contributed by atoms with Gasteiger partial charge in [-0.3, -0.25) is 4.98 Å². The van der Waals surface area contributed by atoms with Crippen LogP contribution in [0.5, 0.6) is 0 Å². The van der Waals surface area contributed by atoms with E-state index in [9.17, 15) is 9.59 Å². The van der Waals surface area contributed by atoms with Gasteiger partial charge in [0, 0.05) is 28.7 Å². The van der Waals surface area contributed by atoms with Gasteiger partial charge in [-0.15, -0.1) is 0 Å². The van der Waals surface area contributed by atoms with Crippen LogP contribution in [-0.4, -0.2) is 23.5 Å². The molecule has 3 aromatic rings. The lowest BCUT2D eigenvalue weighted by Gasteiger charge is -2.40. The quantitative estimate of drug-likeness (QED) is 0.319. The van der Waals surface area contributed by atoms with Crippen molar-refractivity contribution in [3.8, 4) is 11.1 Å². The summed E-state index contributed by atoms with van der Waals surface area (Å²) >= 11 is 3.37. The van der Waals surface area contributed by atoms with Crippen molar-refractivity contribution in [1.82, 2.24) is 4.98 Å². The number of nitrogens with zero attached hydrogens (tertiary/aromatic N) is 1. The Hall–Kier alpha value is -3.25. The van der Waals surface area contributed by atoms with E-state index in [-0.39, 0.29) is 12.5 Å². The van der Waals surface area contributed by atoms with E-state index in [2.05, 4.69) is 45.2 Å². The maximum absolute atomic E-state index is 12.4. The lowest BCUT2D eigenvalue weighted by Crippen LogP contribution is -2.39. The number of hydrogen-bond acceptors (Lipinski definition) is 5. The summed E-state index contributed by atoms with van der Waals surface area (Å²) in [5.41, 5.74) is 4.62. The normalized spacial score (nSPS) is 16.0. The Kier molecular flexibility index (Phi) is 5.85. The van der Waals surface area contributed by atoms with Crippen molar-refractivity contribution >= 4 is 27.9 Å². The number of aromatic nitrogens is 1. The molecule has 2 aliphatic carbocycles. The van der Waals surface area contributed by atoms with Crippen LogP contribution in [0.2, 0.25) is 0 Å². The molecule has 0 aliphatic heterocycles. The van der Waals surface area contributed by atoms with E-state index in [4.69, 9.17) is 9.47 Å². The minimum atomic E-state index is -0.719. The minimum Gasteiger partial charge on any atom is -0.462 e. The Balaban J connectivity index is 1.21. The second kappa shape index (κ2) is 8.94. The van der Waals surface area contributed by atoms with E-state index in [1.807, 2.05) is 36.4 Å². The standard InChI is InChI=1S/C27H22BrNO4/c28-18-10-11-24(29-16-18)27(14-5-15-27)33-26(31)13-12-25(30)32-17-23-21-8-3-1-6-19(21)20-7-2-4-9-22(20)23/h1-4,6-13,16,23H,5,14-15,17H2/b13-12+. The monoisotopic (exact) mass is 503 g/mol. The van der Waals surface area contributed by atoms with Gasteiger partial charge in [-0.2, -0.15) is 0 Å². The average Bonchev–Trinajstić information content (AvgIpc) is 3.13. The molecule has 5 nitrogen and oxygen atoms in total. The summed E-state index contributed by atoms with van der Waals surface area (Å²) in [6.07, 6.45) is 6.35. The van der Waals surface area contributed by atoms with Gasteiger partial charge in [-0.1, -0.05) is 48.5 Å². The molecule has 0 amide bonds. The Morgan fingerprint density at radius 3 is 2.15 bits per heavy atom. The molecule has 6 heteroatoms. The molecule has 1 aromatic heterocycles. The molecule has 1 fully saturated rings. The summed E-state index contributed by atoms with van der Waals surface area (Å²) in [4.78, 5) is 29.2. The molecule has 0 atom stereocenters. The van der Waals surface area contributed by atoms with Crippen LogP contribution in [0.1, 0.15) is 42.0 Å². The fourth-order valence-electron chi connectivity index (χ4n) is 4.57. The third-order valence-electron chi connectivity index (χ3n) is 6.36. The van der Waals surface area contributed by atoms with Gasteiger partial charge in [-0.05, 0) is 69.6 Å². The van der Waals surface area contributed by atoms with Crippen molar-refractivity contribution in [2.45, 2.75) is 30.8 Å². The topological polar surface area (TPSA) is 65.5 Å². The highest BCUT2D eigenvalue weighted by molar-refractivity contribution is 9.10. The van der Waals surface area contributed by atoms with Gasteiger partial charge in [0.2, 0.25) is 0 Å². The highest BCUT2D eigenvalue weighted by Gasteiger charge is 2.43. The van der Waals surface area contributed by atoms with Crippen LogP contribution < -0.4 is 0 Å². The molecule has 2 aliphatic rings. The number of ether oxygens (including phenoxy) is 2. The van der Waals surface area contributed by atoms with E-state index < -0.39 is 17.5 Å². The second-order valence-corrected chi connectivity index (χ2v) is 9.24. The molecule has 1 saturated carbocycles. The molecular formula is C27H22BrNO4. The lowest BCUT2D eigenvalue weighted by atomic mass is 9.77. The number of benzene rings is 2. The molecular weight excluding hydrogens is 482 g/mol. The van der Waals surface area contributed by atoms with Crippen molar-refractivity contribution in [3.63, 3.8) is 0 Å². The largest absolute Gasteiger partial charge is 0.462 e. The lowest BCUT2D eigenvalue weighted by molar-refractivity contribution is -0.166. The summed E-state index contributed by atoms with van der Waals surface area (Å²) in [5.74, 6) is -1.17. The third kappa shape index (κ3) is 4.23. The summed E-state index contributed by atoms with van der Waals surface area (Å²) in [6.45, 7) is 0.207. The van der Waals surface area contributed by atoms with E-state index in [1.165, 1.54) is 11.1 Å². The van der Waals surface area contributed by atoms with E-state index >= 15 is 0 Å². The molecule has 0 N–H and O–H groups in total. The van der Waals surface area contributed by atoms with Gasteiger partial charge < -0.3 is 9.47 Å². The van der Waals surface area contributed by atoms with Crippen LogP contribution >= 0.6 is 15.9 Å². The smallest absolute Gasteiger partial charge is 0.331 e. The fourth-order valence-corrected chi connectivity index (χ4v) is 4.80. The molecule has 0 saturated heterocycles. The molecule has 2 aromatic carbocycles. The maximum Gasteiger partial charge on any atom is 0.331 e. The van der Waals surface area contributed by atoms with Crippen molar-refractivity contribution in [3.05, 3.63) is 100 Å². The zero-order chi connectivity index (χ0) is 22.8. The van der Waals surface area contributed by atoms with Crippen LogP contribution in [0, 0.1) is 0 Å². The molecule has 5 rings (SSSR count). The SMILES string of the molecule is O=C(/C=C/C(=O)OC1(c2ccc(Br)cn2)CCC1)OCC1c2ccccc2-c2ccccc21. The number of pyridine rings is 1. The molecule has 0 spiro atoms. The Labute approximate surface area is 200 Å². The summed E-state index contributed by atoms with van der Waals surface area (Å²) < 4.78 is 12.1. The number of halogens is 1. The zero-order valence-electron chi connectivity index (χ0n) is 17.9. The number of carbonyl (C=O) groups excluding carboxylic acids is 2. The van der Waals surface area contributed by atoms with Crippen molar-refractivity contribution < 1.29 is 19.1 Å². The average molecular weight is 504 g/mol. The van der Waals surface area contributed by atoms with Crippen LogP contribution in [0.15, 0.2) is 83.5 Å². The minimum absolute atomic E-state index is 0.0246.